The van der Waals surface area contributed by atoms with Crippen LogP contribution in [0.4, 0.5) is 8.78 Å². The average Bonchev–Trinajstić information content (AvgIpc) is 2.47. The molecular formula is C16H17F2NO2. The summed E-state index contributed by atoms with van der Waals surface area (Å²) in [6, 6.07) is 9.20. The van der Waals surface area contributed by atoms with Crippen LogP contribution in [-0.4, -0.2) is 13.7 Å². The number of rotatable bonds is 6. The Labute approximate surface area is 122 Å². The molecule has 0 aliphatic heterocycles. The minimum absolute atomic E-state index is 0.0775. The summed E-state index contributed by atoms with van der Waals surface area (Å²) in [7, 11) is 1.40. The maximum atomic E-state index is 13.8. The second-order valence-electron chi connectivity index (χ2n) is 4.56. The average molecular weight is 293 g/mol. The number of ether oxygens (including phenoxy) is 2. The van der Waals surface area contributed by atoms with Crippen LogP contribution in [0.2, 0.25) is 0 Å². The minimum atomic E-state index is -0.475. The van der Waals surface area contributed by atoms with E-state index in [9.17, 15) is 8.78 Å². The summed E-state index contributed by atoms with van der Waals surface area (Å²) in [6.07, 6.45) is 0.612. The van der Waals surface area contributed by atoms with Crippen molar-refractivity contribution in [3.05, 3.63) is 59.2 Å². The third-order valence-corrected chi connectivity index (χ3v) is 3.04. The Morgan fingerprint density at radius 1 is 0.952 bits per heavy atom. The van der Waals surface area contributed by atoms with E-state index in [-0.39, 0.29) is 18.1 Å². The van der Waals surface area contributed by atoms with E-state index in [1.165, 1.54) is 25.3 Å². The zero-order valence-electron chi connectivity index (χ0n) is 11.7. The number of nitrogens with two attached hydrogens (primary N) is 1. The van der Waals surface area contributed by atoms with Crippen molar-refractivity contribution in [2.24, 2.45) is 5.73 Å². The predicted octanol–water partition coefficient (Wildman–Crippen LogP) is 3.05. The number of hydrogen-bond acceptors (Lipinski definition) is 3. The molecule has 0 saturated carbocycles. The lowest BCUT2D eigenvalue weighted by Crippen LogP contribution is -2.04. The molecule has 0 atom stereocenters. The Kier molecular flexibility index (Phi) is 5.11. The van der Waals surface area contributed by atoms with E-state index in [1.54, 1.807) is 18.2 Å². The molecule has 2 aromatic rings. The van der Waals surface area contributed by atoms with Crippen LogP contribution in [0.1, 0.15) is 11.1 Å². The van der Waals surface area contributed by atoms with Gasteiger partial charge in [0.05, 0.1) is 7.11 Å². The van der Waals surface area contributed by atoms with Crippen LogP contribution in [0.15, 0.2) is 36.4 Å². The molecule has 0 radical (unpaired) electrons. The summed E-state index contributed by atoms with van der Waals surface area (Å²) in [4.78, 5) is 0. The molecular weight excluding hydrogens is 276 g/mol. The highest BCUT2D eigenvalue weighted by Gasteiger charge is 2.07. The molecule has 2 rings (SSSR count). The van der Waals surface area contributed by atoms with Crippen LogP contribution in [0.25, 0.3) is 0 Å². The van der Waals surface area contributed by atoms with E-state index in [4.69, 9.17) is 15.2 Å². The number of hydrogen-bond donors (Lipinski definition) is 1. The molecule has 0 unspecified atom stereocenters. The first-order chi connectivity index (χ1) is 10.1. The van der Waals surface area contributed by atoms with Gasteiger partial charge in [0.25, 0.3) is 0 Å². The summed E-state index contributed by atoms with van der Waals surface area (Å²) >= 11 is 0. The van der Waals surface area contributed by atoms with Gasteiger partial charge in [0, 0.05) is 0 Å². The second kappa shape index (κ2) is 7.04. The molecule has 0 aromatic heterocycles. The molecule has 5 heteroatoms. The van der Waals surface area contributed by atoms with Gasteiger partial charge < -0.3 is 15.2 Å². The van der Waals surface area contributed by atoms with E-state index < -0.39 is 11.6 Å². The van der Waals surface area contributed by atoms with Crippen LogP contribution < -0.4 is 15.2 Å². The first kappa shape index (κ1) is 15.3. The molecule has 0 amide bonds. The zero-order valence-corrected chi connectivity index (χ0v) is 11.7. The third-order valence-electron chi connectivity index (χ3n) is 3.04. The van der Waals surface area contributed by atoms with Crippen LogP contribution in [0.5, 0.6) is 11.5 Å². The Hall–Kier alpha value is -2.14. The smallest absolute Gasteiger partial charge is 0.165 e. The van der Waals surface area contributed by atoms with E-state index in [2.05, 4.69) is 0 Å². The van der Waals surface area contributed by atoms with E-state index in [0.29, 0.717) is 18.5 Å². The fourth-order valence-corrected chi connectivity index (χ4v) is 1.94. The van der Waals surface area contributed by atoms with E-state index in [0.717, 1.165) is 5.56 Å². The first-order valence-electron chi connectivity index (χ1n) is 6.57. The molecule has 3 nitrogen and oxygen atoms in total. The zero-order chi connectivity index (χ0) is 15.2. The normalized spacial score (nSPS) is 10.5. The molecule has 0 aliphatic rings. The summed E-state index contributed by atoms with van der Waals surface area (Å²) in [5, 5.41) is 0. The minimum Gasteiger partial charge on any atom is -0.494 e. The van der Waals surface area contributed by atoms with Crippen molar-refractivity contribution in [2.75, 3.05) is 13.7 Å². The van der Waals surface area contributed by atoms with E-state index in [1.807, 2.05) is 0 Å². The van der Waals surface area contributed by atoms with Gasteiger partial charge in [-0.15, -0.1) is 0 Å². The number of benzene rings is 2. The van der Waals surface area contributed by atoms with Crippen LogP contribution >= 0.6 is 0 Å². The van der Waals surface area contributed by atoms with Crippen LogP contribution in [0, 0.1) is 11.6 Å². The van der Waals surface area contributed by atoms with Gasteiger partial charge in [-0.25, -0.2) is 8.78 Å². The topological polar surface area (TPSA) is 44.5 Å². The lowest BCUT2D eigenvalue weighted by Gasteiger charge is -2.09. The summed E-state index contributed by atoms with van der Waals surface area (Å²) in [6.45, 7) is 0.541. The van der Waals surface area contributed by atoms with Gasteiger partial charge in [-0.1, -0.05) is 12.1 Å². The molecule has 0 bridgehead atoms. The number of halogens is 2. The van der Waals surface area contributed by atoms with Crippen molar-refractivity contribution < 1.29 is 18.3 Å². The van der Waals surface area contributed by atoms with Crippen LogP contribution in [-0.2, 0) is 13.0 Å². The third kappa shape index (κ3) is 3.92. The molecule has 21 heavy (non-hydrogen) atoms. The van der Waals surface area contributed by atoms with Gasteiger partial charge in [0.1, 0.15) is 6.61 Å². The highest BCUT2D eigenvalue weighted by molar-refractivity contribution is 5.31. The van der Waals surface area contributed by atoms with Crippen molar-refractivity contribution in [1.82, 2.24) is 0 Å². The monoisotopic (exact) mass is 293 g/mol. The van der Waals surface area contributed by atoms with Crippen molar-refractivity contribution in [2.45, 2.75) is 13.0 Å². The van der Waals surface area contributed by atoms with Crippen molar-refractivity contribution in [3.8, 4) is 11.5 Å². The molecule has 0 aliphatic carbocycles. The highest BCUT2D eigenvalue weighted by atomic mass is 19.1. The van der Waals surface area contributed by atoms with Crippen LogP contribution in [0.3, 0.4) is 0 Å². The van der Waals surface area contributed by atoms with Gasteiger partial charge in [-0.2, -0.15) is 0 Å². The standard InChI is InChI=1S/C16H17F2NO2/c1-20-15-4-3-12(9-13(15)17)10-21-16-5-2-11(6-7-19)8-14(16)18/h2-5,8-9H,6-7,10,19H2,1H3. The molecule has 2 N–H and O–H groups in total. The van der Waals surface area contributed by atoms with Gasteiger partial charge in [0.2, 0.25) is 0 Å². The maximum absolute atomic E-state index is 13.8. The van der Waals surface area contributed by atoms with Gasteiger partial charge in [0.15, 0.2) is 23.1 Å². The van der Waals surface area contributed by atoms with Gasteiger partial charge >= 0.3 is 0 Å². The Morgan fingerprint density at radius 2 is 1.57 bits per heavy atom. The first-order valence-corrected chi connectivity index (χ1v) is 6.57. The van der Waals surface area contributed by atoms with Crippen molar-refractivity contribution in [1.29, 1.82) is 0 Å². The predicted molar refractivity (Wildman–Crippen MR) is 76.4 cm³/mol. The van der Waals surface area contributed by atoms with Crippen molar-refractivity contribution >= 4 is 0 Å². The van der Waals surface area contributed by atoms with E-state index >= 15 is 0 Å². The fourth-order valence-electron chi connectivity index (χ4n) is 1.94. The molecule has 0 fully saturated rings. The molecule has 0 spiro atoms. The molecule has 0 heterocycles. The maximum Gasteiger partial charge on any atom is 0.165 e. The second-order valence-corrected chi connectivity index (χ2v) is 4.56. The largest absolute Gasteiger partial charge is 0.494 e. The van der Waals surface area contributed by atoms with Gasteiger partial charge in [-0.3, -0.25) is 0 Å². The molecule has 2 aromatic carbocycles. The highest BCUT2D eigenvalue weighted by Crippen LogP contribution is 2.22. The summed E-state index contributed by atoms with van der Waals surface area (Å²) in [5.74, 6) is -0.629. The Morgan fingerprint density at radius 3 is 2.19 bits per heavy atom. The lowest BCUT2D eigenvalue weighted by atomic mass is 10.1. The number of methoxy groups -OCH3 is 1. The van der Waals surface area contributed by atoms with Crippen molar-refractivity contribution in [3.63, 3.8) is 0 Å². The summed E-state index contributed by atoms with van der Waals surface area (Å²) in [5.41, 5.74) is 6.84. The fraction of sp³-hybridized carbons (Fsp3) is 0.250. The molecule has 0 saturated heterocycles. The van der Waals surface area contributed by atoms with Gasteiger partial charge in [-0.05, 0) is 48.4 Å². The molecule has 112 valence electrons. The lowest BCUT2D eigenvalue weighted by molar-refractivity contribution is 0.289. The quantitative estimate of drug-likeness (QED) is 0.890. The Bertz CT molecular complexity index is 617. The summed E-state index contributed by atoms with van der Waals surface area (Å²) < 4.78 is 37.5. The SMILES string of the molecule is COc1ccc(COc2ccc(CCN)cc2F)cc1F. The Balaban J connectivity index is 2.04.